The van der Waals surface area contributed by atoms with Gasteiger partial charge in [0.25, 0.3) is 5.69 Å². The predicted molar refractivity (Wildman–Crippen MR) is 115 cm³/mol. The lowest BCUT2D eigenvalue weighted by atomic mass is 10.1. The standard InChI is InChI=1S/C23H20N4O2/c1-16-21(17(2)26(25-16)15-18-7-4-3-5-8-18)14-13-20-12-11-19-9-6-10-22(27(28)29)23(19)24-20/h3-14H,15H2,1-2H3/b14-13+. The Morgan fingerprint density at radius 1 is 1.00 bits per heavy atom. The maximum absolute atomic E-state index is 11.3. The molecular formula is C23H20N4O2. The van der Waals surface area contributed by atoms with Crippen LogP contribution in [0.15, 0.2) is 60.7 Å². The molecule has 2 aromatic heterocycles. The number of nitro benzene ring substituents is 1. The molecule has 0 spiro atoms. The van der Waals surface area contributed by atoms with Crippen LogP contribution in [0.3, 0.4) is 0 Å². The van der Waals surface area contributed by atoms with Crippen molar-refractivity contribution >= 4 is 28.7 Å². The number of pyridine rings is 1. The maximum Gasteiger partial charge on any atom is 0.295 e. The number of aromatic nitrogens is 3. The molecule has 2 heterocycles. The van der Waals surface area contributed by atoms with Crippen LogP contribution in [0.2, 0.25) is 0 Å². The van der Waals surface area contributed by atoms with Crippen LogP contribution in [0.25, 0.3) is 23.1 Å². The van der Waals surface area contributed by atoms with Crippen LogP contribution in [-0.2, 0) is 6.54 Å². The maximum atomic E-state index is 11.3. The Morgan fingerprint density at radius 2 is 1.79 bits per heavy atom. The molecular weight excluding hydrogens is 364 g/mol. The van der Waals surface area contributed by atoms with E-state index in [4.69, 9.17) is 0 Å². The summed E-state index contributed by atoms with van der Waals surface area (Å²) >= 11 is 0. The summed E-state index contributed by atoms with van der Waals surface area (Å²) in [5.74, 6) is 0. The van der Waals surface area contributed by atoms with E-state index in [1.807, 2.05) is 67.1 Å². The van der Waals surface area contributed by atoms with E-state index in [1.165, 1.54) is 11.6 Å². The van der Waals surface area contributed by atoms with Gasteiger partial charge in [-0.1, -0.05) is 48.5 Å². The molecule has 0 aliphatic carbocycles. The first-order valence-corrected chi connectivity index (χ1v) is 9.33. The van der Waals surface area contributed by atoms with E-state index in [1.54, 1.807) is 6.07 Å². The number of nitrogens with zero attached hydrogens (tertiary/aromatic N) is 4. The monoisotopic (exact) mass is 384 g/mol. The van der Waals surface area contributed by atoms with Crippen molar-refractivity contribution in [3.63, 3.8) is 0 Å². The van der Waals surface area contributed by atoms with Crippen LogP contribution >= 0.6 is 0 Å². The molecule has 2 aromatic carbocycles. The molecule has 0 saturated heterocycles. The summed E-state index contributed by atoms with van der Waals surface area (Å²) in [4.78, 5) is 15.4. The normalized spacial score (nSPS) is 11.4. The molecule has 0 aliphatic heterocycles. The first kappa shape index (κ1) is 18.6. The zero-order valence-electron chi connectivity index (χ0n) is 16.2. The zero-order valence-corrected chi connectivity index (χ0v) is 16.2. The highest BCUT2D eigenvalue weighted by molar-refractivity contribution is 5.88. The molecule has 0 unspecified atom stereocenters. The van der Waals surface area contributed by atoms with E-state index < -0.39 is 4.92 Å². The number of hydrogen-bond acceptors (Lipinski definition) is 4. The van der Waals surface area contributed by atoms with E-state index in [0.717, 1.165) is 22.3 Å². The summed E-state index contributed by atoms with van der Waals surface area (Å²) in [5.41, 5.74) is 5.30. The van der Waals surface area contributed by atoms with E-state index in [2.05, 4.69) is 22.2 Å². The topological polar surface area (TPSA) is 73.8 Å². The van der Waals surface area contributed by atoms with Crippen molar-refractivity contribution in [3.8, 4) is 0 Å². The van der Waals surface area contributed by atoms with Crippen LogP contribution in [0.4, 0.5) is 5.69 Å². The Labute approximate surface area is 168 Å². The number of nitro groups is 1. The lowest BCUT2D eigenvalue weighted by molar-refractivity contribution is -0.383. The van der Waals surface area contributed by atoms with Gasteiger partial charge in [0.05, 0.1) is 22.9 Å². The van der Waals surface area contributed by atoms with Gasteiger partial charge in [0.1, 0.15) is 5.52 Å². The van der Waals surface area contributed by atoms with Crippen LogP contribution < -0.4 is 0 Å². The van der Waals surface area contributed by atoms with E-state index in [-0.39, 0.29) is 5.69 Å². The first-order valence-electron chi connectivity index (χ1n) is 9.33. The van der Waals surface area contributed by atoms with Gasteiger partial charge in [-0.2, -0.15) is 5.10 Å². The van der Waals surface area contributed by atoms with E-state index >= 15 is 0 Å². The van der Waals surface area contributed by atoms with Gasteiger partial charge < -0.3 is 0 Å². The second-order valence-electron chi connectivity index (χ2n) is 6.90. The predicted octanol–water partition coefficient (Wildman–Crippen LogP) is 5.18. The molecule has 0 saturated carbocycles. The summed E-state index contributed by atoms with van der Waals surface area (Å²) < 4.78 is 1.99. The highest BCUT2D eigenvalue weighted by Gasteiger charge is 2.13. The molecule has 6 heteroatoms. The largest absolute Gasteiger partial charge is 0.295 e. The van der Waals surface area contributed by atoms with Crippen molar-refractivity contribution in [2.45, 2.75) is 20.4 Å². The Hall–Kier alpha value is -3.80. The summed E-state index contributed by atoms with van der Waals surface area (Å²) in [6, 6.07) is 18.9. The molecule has 0 fully saturated rings. The number of rotatable bonds is 5. The van der Waals surface area contributed by atoms with Gasteiger partial charge in [0, 0.05) is 22.7 Å². The number of non-ortho nitro benzene ring substituents is 1. The average Bonchev–Trinajstić information content (AvgIpc) is 2.99. The molecule has 0 bridgehead atoms. The van der Waals surface area contributed by atoms with Gasteiger partial charge in [-0.05, 0) is 37.6 Å². The van der Waals surface area contributed by atoms with Crippen molar-refractivity contribution in [3.05, 3.63) is 99.0 Å². The second-order valence-corrected chi connectivity index (χ2v) is 6.90. The number of benzene rings is 2. The highest BCUT2D eigenvalue weighted by atomic mass is 16.6. The van der Waals surface area contributed by atoms with Crippen LogP contribution in [0, 0.1) is 24.0 Å². The molecule has 4 rings (SSSR count). The Bertz CT molecular complexity index is 1230. The lowest BCUT2D eigenvalue weighted by Crippen LogP contribution is -2.03. The molecule has 0 amide bonds. The first-order chi connectivity index (χ1) is 14.0. The summed E-state index contributed by atoms with van der Waals surface area (Å²) in [5, 5.41) is 16.7. The van der Waals surface area contributed by atoms with Gasteiger partial charge in [0.15, 0.2) is 0 Å². The quantitative estimate of drug-likeness (QED) is 0.351. The minimum absolute atomic E-state index is 0.0146. The lowest BCUT2D eigenvalue weighted by Gasteiger charge is -2.04. The van der Waals surface area contributed by atoms with Crippen LogP contribution in [0.5, 0.6) is 0 Å². The molecule has 4 aromatic rings. The number of fused-ring (bicyclic) bond motifs is 1. The van der Waals surface area contributed by atoms with Crippen LogP contribution in [0.1, 0.15) is 28.2 Å². The fourth-order valence-corrected chi connectivity index (χ4v) is 3.42. The van der Waals surface area contributed by atoms with Crippen LogP contribution in [-0.4, -0.2) is 19.7 Å². The fourth-order valence-electron chi connectivity index (χ4n) is 3.42. The summed E-state index contributed by atoms with van der Waals surface area (Å²) in [6.07, 6.45) is 3.85. The Morgan fingerprint density at radius 3 is 2.55 bits per heavy atom. The third kappa shape index (κ3) is 3.78. The second kappa shape index (κ2) is 7.67. The van der Waals surface area contributed by atoms with Crippen molar-refractivity contribution in [1.82, 2.24) is 14.8 Å². The van der Waals surface area contributed by atoms with Crippen molar-refractivity contribution in [1.29, 1.82) is 0 Å². The Balaban J connectivity index is 1.66. The van der Waals surface area contributed by atoms with Gasteiger partial charge in [-0.15, -0.1) is 0 Å². The molecule has 0 N–H and O–H groups in total. The van der Waals surface area contributed by atoms with Crippen molar-refractivity contribution in [2.75, 3.05) is 0 Å². The van der Waals surface area contributed by atoms with E-state index in [9.17, 15) is 10.1 Å². The molecule has 0 aliphatic rings. The van der Waals surface area contributed by atoms with E-state index in [0.29, 0.717) is 17.8 Å². The minimum atomic E-state index is -0.398. The van der Waals surface area contributed by atoms with Gasteiger partial charge in [-0.3, -0.25) is 14.8 Å². The fraction of sp³-hybridized carbons (Fsp3) is 0.130. The molecule has 6 nitrogen and oxygen atoms in total. The van der Waals surface area contributed by atoms with Gasteiger partial charge in [0.2, 0.25) is 0 Å². The highest BCUT2D eigenvalue weighted by Crippen LogP contribution is 2.24. The smallest absolute Gasteiger partial charge is 0.265 e. The SMILES string of the molecule is Cc1nn(Cc2ccccc2)c(C)c1/C=C/c1ccc2cccc([N+](=O)[O-])c2n1. The summed E-state index contributed by atoms with van der Waals surface area (Å²) in [7, 11) is 0. The van der Waals surface area contributed by atoms with Gasteiger partial charge in [-0.25, -0.2) is 4.98 Å². The third-order valence-corrected chi connectivity index (χ3v) is 4.95. The number of hydrogen-bond donors (Lipinski definition) is 0. The number of para-hydroxylation sites is 1. The average molecular weight is 384 g/mol. The zero-order chi connectivity index (χ0) is 20.4. The molecule has 0 atom stereocenters. The van der Waals surface area contributed by atoms with Gasteiger partial charge >= 0.3 is 0 Å². The third-order valence-electron chi connectivity index (χ3n) is 4.95. The minimum Gasteiger partial charge on any atom is -0.265 e. The van der Waals surface area contributed by atoms with Crippen molar-refractivity contribution < 1.29 is 4.92 Å². The molecule has 144 valence electrons. The number of aryl methyl sites for hydroxylation is 1. The molecule has 0 radical (unpaired) electrons. The molecule has 29 heavy (non-hydrogen) atoms. The summed E-state index contributed by atoms with van der Waals surface area (Å²) in [6.45, 7) is 4.73. The van der Waals surface area contributed by atoms with Crippen molar-refractivity contribution in [2.24, 2.45) is 0 Å². The Kier molecular flexibility index (Phi) is 4.91.